The van der Waals surface area contributed by atoms with Crippen LogP contribution in [-0.2, 0) is 17.5 Å². The van der Waals surface area contributed by atoms with Crippen molar-refractivity contribution in [2.45, 2.75) is 84.4 Å². The first kappa shape index (κ1) is 22.9. The Morgan fingerprint density at radius 2 is 1.91 bits per heavy atom. The number of rotatable bonds is 3. The first-order valence-corrected chi connectivity index (χ1v) is 12.7. The number of nitrogens with zero attached hydrogens (tertiary/aromatic N) is 3. The van der Waals surface area contributed by atoms with E-state index in [1.807, 2.05) is 0 Å². The second-order valence-corrected chi connectivity index (χ2v) is 11.7. The van der Waals surface area contributed by atoms with Crippen molar-refractivity contribution >= 4 is 5.78 Å². The molecule has 3 unspecified atom stereocenters. The van der Waals surface area contributed by atoms with Crippen LogP contribution in [0, 0.1) is 58.2 Å². The second kappa shape index (κ2) is 8.13. The lowest BCUT2D eigenvalue weighted by atomic mass is 9.49. The van der Waals surface area contributed by atoms with Gasteiger partial charge in [0.2, 0.25) is 0 Å². The third-order valence-electron chi connectivity index (χ3n) is 10.1. The molecule has 7 heteroatoms. The molecule has 0 amide bonds. The molecule has 4 aliphatic rings. The standard InChI is InChI=1S/C26H34F3N3O/c1-15-3-5-17-16(11-15)4-6-19-18(17)9-10-25(2)20(19)7-8-21(25)24(33)14-32-13-22(26(27,28)29)23(12-30)31-32/h13,15-21H,3-11,14H2,1-2H3/t15-,16+,17?,18?,19+,20?,21+,25-/m0/s1. The molecule has 1 aromatic rings. The number of Topliss-reactive ketones (excluding diaryl/α,β-unsaturated/α-hetero) is 1. The molecule has 4 aliphatic carbocycles. The SMILES string of the molecule is C[C@H]1CCC2C3CC[C@@]4(C)C(CC[C@@H]4C(=O)Cn4cc(C(F)(F)F)c(C#N)n4)[C@@H]3CC[C@@H]2C1. The zero-order valence-corrected chi connectivity index (χ0v) is 19.6. The van der Waals surface area contributed by atoms with E-state index < -0.39 is 17.4 Å². The van der Waals surface area contributed by atoms with Crippen molar-refractivity contribution in [1.29, 1.82) is 5.26 Å². The van der Waals surface area contributed by atoms with E-state index in [1.165, 1.54) is 44.6 Å². The first-order chi connectivity index (χ1) is 15.6. The fourth-order valence-corrected chi connectivity index (χ4v) is 8.68. The molecule has 0 aliphatic heterocycles. The Bertz CT molecular complexity index is 963. The third-order valence-corrected chi connectivity index (χ3v) is 10.1. The van der Waals surface area contributed by atoms with Gasteiger partial charge in [-0.1, -0.05) is 20.3 Å². The summed E-state index contributed by atoms with van der Waals surface area (Å²) < 4.78 is 40.6. The molecule has 180 valence electrons. The molecule has 4 fully saturated rings. The van der Waals surface area contributed by atoms with Gasteiger partial charge < -0.3 is 0 Å². The Kier molecular flexibility index (Phi) is 5.65. The number of nitriles is 1. The van der Waals surface area contributed by atoms with Crippen LogP contribution in [0.3, 0.4) is 0 Å². The Morgan fingerprint density at radius 1 is 1.15 bits per heavy atom. The highest BCUT2D eigenvalue weighted by molar-refractivity contribution is 5.82. The monoisotopic (exact) mass is 461 g/mol. The zero-order chi connectivity index (χ0) is 23.5. The predicted octanol–water partition coefficient (Wildman–Crippen LogP) is 6.25. The van der Waals surface area contributed by atoms with E-state index in [0.29, 0.717) is 11.8 Å². The maximum atomic E-state index is 13.3. The lowest BCUT2D eigenvalue weighted by molar-refractivity contribution is -0.138. The summed E-state index contributed by atoms with van der Waals surface area (Å²) in [5.41, 5.74) is -1.79. The summed E-state index contributed by atoms with van der Waals surface area (Å²) in [5.74, 6) is 4.47. The number of fused-ring (bicyclic) bond motifs is 5. The Labute approximate surface area is 193 Å². The van der Waals surface area contributed by atoms with Gasteiger partial charge in [0.1, 0.15) is 11.6 Å². The van der Waals surface area contributed by atoms with Gasteiger partial charge in [-0.05, 0) is 92.3 Å². The van der Waals surface area contributed by atoms with Crippen LogP contribution in [-0.4, -0.2) is 15.6 Å². The van der Waals surface area contributed by atoms with Crippen LogP contribution in [0.4, 0.5) is 13.2 Å². The van der Waals surface area contributed by atoms with E-state index in [9.17, 15) is 18.0 Å². The minimum Gasteiger partial charge on any atom is -0.297 e. The van der Waals surface area contributed by atoms with Crippen molar-refractivity contribution in [3.05, 3.63) is 17.5 Å². The molecule has 0 aromatic carbocycles. The number of aromatic nitrogens is 2. The van der Waals surface area contributed by atoms with Crippen LogP contribution < -0.4 is 0 Å². The lowest BCUT2D eigenvalue weighted by Gasteiger charge is -2.56. The average molecular weight is 462 g/mol. The molecule has 1 aromatic heterocycles. The van der Waals surface area contributed by atoms with Gasteiger partial charge in [0, 0.05) is 12.1 Å². The van der Waals surface area contributed by atoms with Crippen LogP contribution in [0.25, 0.3) is 0 Å². The maximum Gasteiger partial charge on any atom is 0.420 e. The van der Waals surface area contributed by atoms with Gasteiger partial charge in [-0.3, -0.25) is 9.48 Å². The molecule has 0 saturated heterocycles. The highest BCUT2D eigenvalue weighted by Gasteiger charge is 2.58. The van der Waals surface area contributed by atoms with E-state index in [-0.39, 0.29) is 23.7 Å². The average Bonchev–Trinajstić information content (AvgIpc) is 3.33. The lowest BCUT2D eigenvalue weighted by Crippen LogP contribution is -2.49. The highest BCUT2D eigenvalue weighted by Crippen LogP contribution is 2.64. The molecule has 33 heavy (non-hydrogen) atoms. The number of alkyl halides is 3. The number of carbonyl (C=O) groups excluding carboxylic acids is 1. The van der Waals surface area contributed by atoms with E-state index >= 15 is 0 Å². The van der Waals surface area contributed by atoms with Crippen molar-refractivity contribution < 1.29 is 18.0 Å². The summed E-state index contributed by atoms with van der Waals surface area (Å²) in [5, 5.41) is 12.8. The number of ketones is 1. The number of hydrogen-bond acceptors (Lipinski definition) is 3. The van der Waals surface area contributed by atoms with Crippen molar-refractivity contribution in [3.8, 4) is 6.07 Å². The van der Waals surface area contributed by atoms with E-state index in [1.54, 1.807) is 0 Å². The van der Waals surface area contributed by atoms with Crippen LogP contribution in [0.2, 0.25) is 0 Å². The minimum absolute atomic E-state index is 0.0284. The summed E-state index contributed by atoms with van der Waals surface area (Å²) >= 11 is 0. The molecule has 0 bridgehead atoms. The first-order valence-electron chi connectivity index (χ1n) is 12.7. The fraction of sp³-hybridized carbons (Fsp3) is 0.808. The molecule has 0 spiro atoms. The molecule has 5 rings (SSSR count). The van der Waals surface area contributed by atoms with Crippen LogP contribution in [0.1, 0.15) is 82.9 Å². The van der Waals surface area contributed by atoms with Crippen LogP contribution >= 0.6 is 0 Å². The van der Waals surface area contributed by atoms with Gasteiger partial charge >= 0.3 is 6.18 Å². The van der Waals surface area contributed by atoms with Crippen LogP contribution in [0.15, 0.2) is 6.20 Å². The van der Waals surface area contributed by atoms with Gasteiger partial charge in [0.05, 0.1) is 6.54 Å². The summed E-state index contributed by atoms with van der Waals surface area (Å²) in [6.07, 6.45) is 6.97. The molecule has 0 radical (unpaired) electrons. The number of hydrogen-bond donors (Lipinski definition) is 0. The highest BCUT2D eigenvalue weighted by atomic mass is 19.4. The molecule has 4 saturated carbocycles. The van der Waals surface area contributed by atoms with Gasteiger partial charge in [0.15, 0.2) is 11.5 Å². The van der Waals surface area contributed by atoms with Gasteiger partial charge in [0.25, 0.3) is 0 Å². The van der Waals surface area contributed by atoms with Gasteiger partial charge in [-0.2, -0.15) is 23.5 Å². The van der Waals surface area contributed by atoms with Crippen molar-refractivity contribution in [2.24, 2.45) is 46.8 Å². The van der Waals surface area contributed by atoms with Crippen molar-refractivity contribution in [2.75, 3.05) is 0 Å². The Morgan fingerprint density at radius 3 is 2.61 bits per heavy atom. The van der Waals surface area contributed by atoms with Crippen molar-refractivity contribution in [3.63, 3.8) is 0 Å². The summed E-state index contributed by atoms with van der Waals surface area (Å²) in [4.78, 5) is 13.3. The Hall–Kier alpha value is -1.84. The third kappa shape index (κ3) is 3.82. The molecule has 4 nitrogen and oxygen atoms in total. The molecular weight excluding hydrogens is 427 g/mol. The molecule has 1 heterocycles. The fourth-order valence-electron chi connectivity index (χ4n) is 8.68. The van der Waals surface area contributed by atoms with Crippen LogP contribution in [0.5, 0.6) is 0 Å². The molecular formula is C26H34F3N3O. The molecule has 8 atom stereocenters. The maximum absolute atomic E-state index is 13.3. The molecule has 0 N–H and O–H groups in total. The number of carbonyl (C=O) groups is 1. The largest absolute Gasteiger partial charge is 0.420 e. The quantitative estimate of drug-likeness (QED) is 0.535. The predicted molar refractivity (Wildman–Crippen MR) is 117 cm³/mol. The minimum atomic E-state index is -4.65. The summed E-state index contributed by atoms with van der Waals surface area (Å²) in [7, 11) is 0. The topological polar surface area (TPSA) is 58.7 Å². The van der Waals surface area contributed by atoms with Crippen molar-refractivity contribution in [1.82, 2.24) is 9.78 Å². The Balaban J connectivity index is 1.31. The second-order valence-electron chi connectivity index (χ2n) is 11.7. The van der Waals surface area contributed by atoms with Gasteiger partial charge in [-0.15, -0.1) is 0 Å². The van der Waals surface area contributed by atoms with E-state index in [4.69, 9.17) is 5.26 Å². The summed E-state index contributed by atoms with van der Waals surface area (Å²) in [6.45, 7) is 4.47. The van der Waals surface area contributed by atoms with E-state index in [2.05, 4.69) is 18.9 Å². The van der Waals surface area contributed by atoms with E-state index in [0.717, 1.165) is 53.8 Å². The van der Waals surface area contributed by atoms with Gasteiger partial charge in [-0.25, -0.2) is 0 Å². The normalized spacial score (nSPS) is 40.4. The zero-order valence-electron chi connectivity index (χ0n) is 19.6. The number of halogens is 3. The summed E-state index contributed by atoms with van der Waals surface area (Å²) in [6, 6.07) is 1.51. The smallest absolute Gasteiger partial charge is 0.297 e.